The van der Waals surface area contributed by atoms with Crippen molar-refractivity contribution >= 4 is 46.2 Å². The Balaban J connectivity index is 1.46. The maximum Gasteiger partial charge on any atom is 0.326 e. The number of nitrogens with two attached hydrogens (primary N) is 3. The molecule has 0 radical (unpaired) electrons. The van der Waals surface area contributed by atoms with Crippen LogP contribution in [-0.2, 0) is 36.8 Å². The molecule has 0 bridgehead atoms. The Morgan fingerprint density at radius 2 is 1.60 bits per heavy atom. The van der Waals surface area contributed by atoms with E-state index in [0.29, 0.717) is 22.5 Å². The van der Waals surface area contributed by atoms with Crippen LogP contribution in [-0.4, -0.2) is 67.8 Å². The number of fused-ring (bicyclic) bond motifs is 1. The third kappa shape index (κ3) is 8.98. The lowest BCUT2D eigenvalue weighted by Gasteiger charge is -2.22. The number of hydrogen-bond donors (Lipinski definition) is 9. The predicted octanol–water partition coefficient (Wildman–Crippen LogP) is -0.0383. The number of carbonyl (C=O) groups is 5. The molecule has 4 aromatic rings. The second kappa shape index (κ2) is 14.8. The Hall–Kier alpha value is -5.54. The molecule has 236 valence electrons. The fourth-order valence-electron chi connectivity index (χ4n) is 4.76. The molecule has 2 heterocycles. The smallest absolute Gasteiger partial charge is 0.326 e. The van der Waals surface area contributed by atoms with E-state index in [4.69, 9.17) is 17.2 Å². The average Bonchev–Trinajstić information content (AvgIpc) is 3.66. The Kier molecular flexibility index (Phi) is 10.6. The summed E-state index contributed by atoms with van der Waals surface area (Å²) < 4.78 is 0. The molecule has 12 N–H and O–H groups in total. The first-order valence-electron chi connectivity index (χ1n) is 14.0. The fraction of sp³-hybridized carbons (Fsp3) is 0.267. The van der Waals surface area contributed by atoms with Gasteiger partial charge >= 0.3 is 5.97 Å². The molecule has 2 aromatic heterocycles. The van der Waals surface area contributed by atoms with Crippen molar-refractivity contribution in [2.24, 2.45) is 17.2 Å². The number of primary amides is 1. The van der Waals surface area contributed by atoms with Gasteiger partial charge in [-0.15, -0.1) is 0 Å². The van der Waals surface area contributed by atoms with Crippen molar-refractivity contribution in [3.8, 4) is 0 Å². The number of rotatable bonds is 15. The second-order valence-electron chi connectivity index (χ2n) is 10.6. The molecule has 0 saturated heterocycles. The summed E-state index contributed by atoms with van der Waals surface area (Å²) >= 11 is 0. The van der Waals surface area contributed by atoms with Gasteiger partial charge in [-0.1, -0.05) is 30.3 Å². The minimum Gasteiger partial charge on any atom is -0.480 e. The van der Waals surface area contributed by atoms with Gasteiger partial charge in [-0.2, -0.15) is 0 Å². The number of imidazole rings is 1. The molecule has 15 heteroatoms. The molecular weight excluding hydrogens is 582 g/mol. The Morgan fingerprint density at radius 3 is 2.27 bits per heavy atom. The van der Waals surface area contributed by atoms with E-state index in [0.717, 1.165) is 10.9 Å². The fourth-order valence-corrected chi connectivity index (χ4v) is 4.76. The van der Waals surface area contributed by atoms with Gasteiger partial charge in [-0.3, -0.25) is 19.2 Å². The molecule has 0 aliphatic heterocycles. The molecule has 0 aliphatic carbocycles. The van der Waals surface area contributed by atoms with Crippen LogP contribution in [0.5, 0.6) is 0 Å². The van der Waals surface area contributed by atoms with Crippen LogP contribution in [0.25, 0.3) is 10.9 Å². The minimum absolute atomic E-state index is 0.0164. The van der Waals surface area contributed by atoms with Crippen molar-refractivity contribution in [2.45, 2.75) is 49.9 Å². The van der Waals surface area contributed by atoms with Crippen LogP contribution in [0.1, 0.15) is 35.7 Å². The zero-order chi connectivity index (χ0) is 32.5. The van der Waals surface area contributed by atoms with Crippen LogP contribution < -0.4 is 33.2 Å². The summed E-state index contributed by atoms with van der Waals surface area (Å²) in [6.45, 7) is 0. The van der Waals surface area contributed by atoms with Crippen molar-refractivity contribution in [2.75, 3.05) is 5.32 Å². The van der Waals surface area contributed by atoms with Gasteiger partial charge < -0.3 is 48.2 Å². The number of carboxylic acid groups (broad SMARTS) is 1. The first-order valence-corrected chi connectivity index (χ1v) is 14.0. The van der Waals surface area contributed by atoms with Crippen LogP contribution in [0.2, 0.25) is 0 Å². The van der Waals surface area contributed by atoms with Crippen LogP contribution in [0, 0.1) is 0 Å². The maximum absolute atomic E-state index is 13.2. The first kappa shape index (κ1) is 32.4. The molecule has 0 spiro atoms. The van der Waals surface area contributed by atoms with Gasteiger partial charge in [-0.05, 0) is 29.3 Å². The van der Waals surface area contributed by atoms with Gasteiger partial charge in [0.2, 0.25) is 23.6 Å². The first-order chi connectivity index (χ1) is 21.5. The summed E-state index contributed by atoms with van der Waals surface area (Å²) in [5.74, 6) is -3.84. The Labute approximate surface area is 257 Å². The zero-order valence-electron chi connectivity index (χ0n) is 24.2. The van der Waals surface area contributed by atoms with E-state index in [1.165, 1.54) is 6.33 Å². The lowest BCUT2D eigenvalue weighted by Crippen LogP contribution is -2.47. The highest BCUT2D eigenvalue weighted by Gasteiger charge is 2.27. The largest absolute Gasteiger partial charge is 0.480 e. The van der Waals surface area contributed by atoms with Gasteiger partial charge in [0.1, 0.15) is 6.04 Å². The van der Waals surface area contributed by atoms with Crippen LogP contribution in [0.3, 0.4) is 0 Å². The highest BCUT2D eigenvalue weighted by atomic mass is 16.4. The standard InChI is InChI=1S/C30H35N9O6/c31-21(10-19-14-34-15-36-19)28(42)37-18-7-5-16(6-8-18)24(39-29(43)22(32)11-26(33)40)12-27(41)38-25(30(44)45)9-17-13-35-23-4-2-1-3-20(17)23/h1-8,13-15,21-22,24-25,35H,9-12,31-32H2,(H2,33,40)(H,34,36)(H,37,42)(H,38,41)(H,39,43)(H,44,45)/t21-,22-,24?,25-/m0/s1. The van der Waals surface area contributed by atoms with Crippen LogP contribution in [0.4, 0.5) is 5.69 Å². The molecule has 45 heavy (non-hydrogen) atoms. The van der Waals surface area contributed by atoms with E-state index < -0.39 is 60.2 Å². The Morgan fingerprint density at radius 1 is 0.867 bits per heavy atom. The van der Waals surface area contributed by atoms with E-state index in [-0.39, 0.29) is 19.3 Å². The van der Waals surface area contributed by atoms with Crippen LogP contribution in [0.15, 0.2) is 67.3 Å². The molecule has 0 saturated carbocycles. The topological polar surface area (TPSA) is 264 Å². The molecule has 4 rings (SSSR count). The summed E-state index contributed by atoms with van der Waals surface area (Å²) in [6.07, 6.45) is 4.25. The molecule has 0 fully saturated rings. The number of nitrogens with one attached hydrogen (secondary N) is 5. The molecule has 0 aliphatic rings. The van der Waals surface area contributed by atoms with Crippen molar-refractivity contribution < 1.29 is 29.1 Å². The van der Waals surface area contributed by atoms with Gasteiger partial charge in [-0.25, -0.2) is 9.78 Å². The number of aromatic nitrogens is 3. The predicted molar refractivity (Wildman–Crippen MR) is 164 cm³/mol. The van der Waals surface area contributed by atoms with Crippen molar-refractivity contribution in [3.05, 3.63) is 84.1 Å². The van der Waals surface area contributed by atoms with Crippen molar-refractivity contribution in [3.63, 3.8) is 0 Å². The normalized spacial score (nSPS) is 13.7. The number of anilines is 1. The molecular formula is C30H35N9O6. The van der Waals surface area contributed by atoms with E-state index in [2.05, 4.69) is 30.9 Å². The van der Waals surface area contributed by atoms with E-state index in [9.17, 15) is 29.1 Å². The van der Waals surface area contributed by atoms with Crippen molar-refractivity contribution in [1.82, 2.24) is 25.6 Å². The quantitative estimate of drug-likeness (QED) is 0.0865. The number of carboxylic acids is 1. The summed E-state index contributed by atoms with van der Waals surface area (Å²) in [5, 5.41) is 18.6. The zero-order valence-corrected chi connectivity index (χ0v) is 24.2. The van der Waals surface area contributed by atoms with Gasteiger partial charge in [0.15, 0.2) is 0 Å². The molecule has 2 aromatic carbocycles. The molecule has 15 nitrogen and oxygen atoms in total. The van der Waals surface area contributed by atoms with E-state index >= 15 is 0 Å². The number of para-hydroxylation sites is 1. The van der Waals surface area contributed by atoms with Gasteiger partial charge in [0.25, 0.3) is 0 Å². The average molecular weight is 618 g/mol. The number of aromatic amines is 2. The Bertz CT molecular complexity index is 1650. The number of amides is 4. The monoisotopic (exact) mass is 617 g/mol. The number of H-pyrrole nitrogens is 2. The highest BCUT2D eigenvalue weighted by molar-refractivity contribution is 5.95. The summed E-state index contributed by atoms with van der Waals surface area (Å²) in [5.41, 5.74) is 20.1. The van der Waals surface area contributed by atoms with Gasteiger partial charge in [0.05, 0.1) is 37.3 Å². The number of nitrogens with zero attached hydrogens (tertiary/aromatic N) is 1. The highest BCUT2D eigenvalue weighted by Crippen LogP contribution is 2.22. The maximum atomic E-state index is 13.2. The van der Waals surface area contributed by atoms with E-state index in [1.807, 2.05) is 24.3 Å². The minimum atomic E-state index is -1.27. The van der Waals surface area contributed by atoms with Crippen molar-refractivity contribution in [1.29, 1.82) is 0 Å². The second-order valence-corrected chi connectivity index (χ2v) is 10.6. The SMILES string of the molecule is NC(=O)C[C@H](N)C(=O)NC(CC(=O)N[C@@H](Cc1c[nH]c2ccccc12)C(=O)O)c1ccc(NC(=O)[C@@H](N)Cc2cnc[nH]2)cc1. The molecule has 1 unspecified atom stereocenters. The molecule has 4 amide bonds. The summed E-state index contributed by atoms with van der Waals surface area (Å²) in [4.78, 5) is 71.8. The van der Waals surface area contributed by atoms with Crippen LogP contribution >= 0.6 is 0 Å². The number of carbonyl (C=O) groups excluding carboxylic acids is 4. The summed E-state index contributed by atoms with van der Waals surface area (Å²) in [7, 11) is 0. The third-order valence-electron chi connectivity index (χ3n) is 7.11. The third-order valence-corrected chi connectivity index (χ3v) is 7.11. The number of hydrogen-bond acceptors (Lipinski definition) is 8. The summed E-state index contributed by atoms with van der Waals surface area (Å²) in [6, 6.07) is 9.33. The van der Waals surface area contributed by atoms with Gasteiger partial charge in [0, 0.05) is 47.5 Å². The lowest BCUT2D eigenvalue weighted by atomic mass is 10.0. The lowest BCUT2D eigenvalue weighted by molar-refractivity contribution is -0.142. The van der Waals surface area contributed by atoms with E-state index in [1.54, 1.807) is 36.7 Å². The molecule has 4 atom stereocenters. The number of aliphatic carboxylic acids is 1. The number of benzene rings is 2.